The number of hydrogen-bond donors (Lipinski definition) is 0. The molecule has 0 amide bonds. The van der Waals surface area contributed by atoms with Crippen LogP contribution in [0.2, 0.25) is 0 Å². The van der Waals surface area contributed by atoms with Gasteiger partial charge in [-0.15, -0.1) is 0 Å². The molecule has 0 aliphatic carbocycles. The molecule has 0 aliphatic rings. The number of alkyl halides is 1. The third-order valence-electron chi connectivity index (χ3n) is 5.30. The number of Topliss-reactive ketones (excluding diaryl/α,β-unsaturated/α-hetero) is 1. The number of esters is 1. The molecule has 0 bridgehead atoms. The molecule has 0 saturated carbocycles. The van der Waals surface area contributed by atoms with E-state index in [-0.39, 0.29) is 5.78 Å². The maximum Gasteiger partial charge on any atom is 0.332 e. The van der Waals surface area contributed by atoms with Crippen LogP contribution in [-0.2, 0) is 21.6 Å². The Morgan fingerprint density at radius 2 is 1.62 bits per heavy atom. The molecule has 0 radical (unpaired) electrons. The highest BCUT2D eigenvalue weighted by Gasteiger charge is 2.36. The van der Waals surface area contributed by atoms with E-state index in [1.807, 2.05) is 0 Å². The third kappa shape index (κ3) is 4.75. The summed E-state index contributed by atoms with van der Waals surface area (Å²) in [6.45, 7) is 2.82. The summed E-state index contributed by atoms with van der Waals surface area (Å²) in [5, 5.41) is 1.14. The number of halogens is 1. The smallest absolute Gasteiger partial charge is 0.332 e. The molecule has 3 aromatic rings. The number of aryl methyl sites for hydroxylation is 1. The number of ether oxygens (including phenoxy) is 1. The Morgan fingerprint density at radius 3 is 2.31 bits per heavy atom. The number of aromatic nitrogens is 2. The zero-order valence-corrected chi connectivity index (χ0v) is 19.6. The Kier molecular flexibility index (Phi) is 7.45. The number of nitrogens with zero attached hydrogens (tertiary/aromatic N) is 2. The second-order valence-corrected chi connectivity index (χ2v) is 8.71. The number of rotatable bonds is 9. The van der Waals surface area contributed by atoms with Crippen LogP contribution in [0, 0.1) is 0 Å². The first-order chi connectivity index (χ1) is 15.3. The topological polar surface area (TPSA) is 87.4 Å². The quantitative estimate of drug-likeness (QED) is 0.194. The summed E-state index contributed by atoms with van der Waals surface area (Å²) >= 11 is 3.38. The minimum Gasteiger partial charge on any atom is -0.456 e. The molecule has 0 aliphatic heterocycles. The molecule has 0 N–H and O–H groups in total. The highest BCUT2D eigenvalue weighted by atomic mass is 79.9. The molecule has 0 fully saturated rings. The lowest BCUT2D eigenvalue weighted by Gasteiger charge is -2.26. The van der Waals surface area contributed by atoms with Crippen LogP contribution in [0.1, 0.15) is 37.0 Å². The summed E-state index contributed by atoms with van der Waals surface area (Å²) < 4.78 is 7.68. The molecule has 8 heteroatoms. The molecular weight excluding hydrogens is 476 g/mol. The second kappa shape index (κ2) is 10.1. The summed E-state index contributed by atoms with van der Waals surface area (Å²) in [5.41, 5.74) is -1.82. The predicted octanol–water partition coefficient (Wildman–Crippen LogP) is 3.50. The summed E-state index contributed by atoms with van der Waals surface area (Å²) in [7, 11) is 0. The van der Waals surface area contributed by atoms with E-state index >= 15 is 0 Å². The lowest BCUT2D eigenvalue weighted by molar-refractivity contribution is -0.151. The molecule has 32 heavy (non-hydrogen) atoms. The van der Waals surface area contributed by atoms with Gasteiger partial charge in [0.1, 0.15) is 5.54 Å². The summed E-state index contributed by atoms with van der Waals surface area (Å²) in [6.07, 6.45) is 1.58. The maximum absolute atomic E-state index is 13.3. The zero-order chi connectivity index (χ0) is 23.3. The zero-order valence-electron chi connectivity index (χ0n) is 18.0. The van der Waals surface area contributed by atoms with E-state index in [1.54, 1.807) is 54.6 Å². The maximum atomic E-state index is 13.3. The molecule has 1 aromatic heterocycles. The molecular formula is C24H25BrN2O5. The summed E-state index contributed by atoms with van der Waals surface area (Å²) in [4.78, 5) is 51.8. The minimum atomic E-state index is -1.60. The van der Waals surface area contributed by atoms with Gasteiger partial charge in [-0.1, -0.05) is 58.4 Å². The first-order valence-electron chi connectivity index (χ1n) is 10.4. The highest BCUT2D eigenvalue weighted by Crippen LogP contribution is 2.17. The van der Waals surface area contributed by atoms with Crippen molar-refractivity contribution in [3.05, 3.63) is 81.0 Å². The van der Waals surface area contributed by atoms with Gasteiger partial charge >= 0.3 is 11.7 Å². The molecule has 1 heterocycles. The number of carbonyl (C=O) groups is 2. The van der Waals surface area contributed by atoms with Gasteiger partial charge in [-0.2, -0.15) is 0 Å². The summed E-state index contributed by atoms with van der Waals surface area (Å²) in [5.74, 6) is -1.20. The number of benzene rings is 2. The second-order valence-electron chi connectivity index (χ2n) is 7.91. The molecule has 0 atom stereocenters. The van der Waals surface area contributed by atoms with Crippen LogP contribution in [0.15, 0.2) is 64.2 Å². The van der Waals surface area contributed by atoms with Gasteiger partial charge in [0.15, 0.2) is 12.4 Å². The van der Waals surface area contributed by atoms with Gasteiger partial charge in [0.2, 0.25) is 0 Å². The Morgan fingerprint density at radius 1 is 0.969 bits per heavy atom. The Bertz CT molecular complexity index is 1240. The van der Waals surface area contributed by atoms with Crippen LogP contribution in [-0.4, -0.2) is 32.8 Å². The molecule has 0 saturated heterocycles. The highest BCUT2D eigenvalue weighted by molar-refractivity contribution is 9.09. The van der Waals surface area contributed by atoms with Gasteiger partial charge in [0.25, 0.3) is 5.56 Å². The predicted molar refractivity (Wildman–Crippen MR) is 127 cm³/mol. The van der Waals surface area contributed by atoms with E-state index < -0.39 is 29.4 Å². The van der Waals surface area contributed by atoms with Crippen LogP contribution in [0.25, 0.3) is 10.9 Å². The number of hydrogen-bond acceptors (Lipinski definition) is 5. The van der Waals surface area contributed by atoms with Crippen molar-refractivity contribution < 1.29 is 14.3 Å². The van der Waals surface area contributed by atoms with E-state index in [1.165, 1.54) is 18.4 Å². The lowest BCUT2D eigenvalue weighted by Crippen LogP contribution is -2.53. The van der Waals surface area contributed by atoms with Crippen molar-refractivity contribution in [1.82, 2.24) is 9.13 Å². The number of unbranched alkanes of at least 4 members (excludes halogenated alkanes) is 1. The van der Waals surface area contributed by atoms with E-state index in [4.69, 9.17) is 4.74 Å². The molecule has 0 unspecified atom stereocenters. The van der Waals surface area contributed by atoms with Crippen LogP contribution in [0.3, 0.4) is 0 Å². The first-order valence-corrected chi connectivity index (χ1v) is 11.5. The van der Waals surface area contributed by atoms with Crippen molar-refractivity contribution in [3.63, 3.8) is 0 Å². The van der Waals surface area contributed by atoms with E-state index in [0.717, 1.165) is 22.7 Å². The standard InChI is InChI=1S/C24H25BrN2O5/c1-24(2,22(30)32-16-20(28)17-10-4-3-5-11-17)27-21(29)18-12-6-7-13-19(18)26(23(27)31)15-9-8-14-25/h3-7,10-13H,8-9,14-16H2,1-2H3. The molecule has 168 valence electrons. The summed E-state index contributed by atoms with van der Waals surface area (Å²) in [6, 6.07) is 15.3. The van der Waals surface area contributed by atoms with Gasteiger partial charge in [-0.05, 0) is 38.8 Å². The van der Waals surface area contributed by atoms with Gasteiger partial charge in [0, 0.05) is 17.4 Å². The monoisotopic (exact) mass is 500 g/mol. The molecule has 2 aromatic carbocycles. The fourth-order valence-electron chi connectivity index (χ4n) is 3.50. The van der Waals surface area contributed by atoms with Crippen molar-refractivity contribution in [1.29, 1.82) is 0 Å². The number of fused-ring (bicyclic) bond motifs is 1. The SMILES string of the molecule is CC(C)(C(=O)OCC(=O)c1ccccc1)n1c(=O)c2ccccc2n(CCCCBr)c1=O. The van der Waals surface area contributed by atoms with Crippen LogP contribution in [0.5, 0.6) is 0 Å². The largest absolute Gasteiger partial charge is 0.456 e. The van der Waals surface area contributed by atoms with Crippen molar-refractivity contribution in [2.75, 3.05) is 11.9 Å². The van der Waals surface area contributed by atoms with E-state index in [0.29, 0.717) is 23.0 Å². The Hall–Kier alpha value is -3.00. The van der Waals surface area contributed by atoms with Crippen LogP contribution >= 0.6 is 15.9 Å². The molecule has 0 spiro atoms. The lowest BCUT2D eigenvalue weighted by atomic mass is 10.0. The van der Waals surface area contributed by atoms with Crippen LogP contribution < -0.4 is 11.2 Å². The molecule has 3 rings (SSSR count). The van der Waals surface area contributed by atoms with Crippen molar-refractivity contribution in [2.45, 2.75) is 38.8 Å². The normalized spacial score (nSPS) is 11.5. The third-order valence-corrected chi connectivity index (χ3v) is 5.87. The number of ketones is 1. The fourth-order valence-corrected chi connectivity index (χ4v) is 3.90. The fraction of sp³-hybridized carbons (Fsp3) is 0.333. The van der Waals surface area contributed by atoms with Crippen molar-refractivity contribution >= 4 is 38.6 Å². The van der Waals surface area contributed by atoms with Crippen molar-refractivity contribution in [3.8, 4) is 0 Å². The van der Waals surface area contributed by atoms with Gasteiger partial charge in [0.05, 0.1) is 10.9 Å². The number of carbonyl (C=O) groups excluding carboxylic acids is 2. The van der Waals surface area contributed by atoms with Gasteiger partial charge in [-0.3, -0.25) is 14.2 Å². The van der Waals surface area contributed by atoms with Crippen molar-refractivity contribution in [2.24, 2.45) is 0 Å². The van der Waals surface area contributed by atoms with E-state index in [9.17, 15) is 19.2 Å². The molecule has 7 nitrogen and oxygen atoms in total. The van der Waals surface area contributed by atoms with Gasteiger partial charge in [-0.25, -0.2) is 14.2 Å². The Labute approximate surface area is 193 Å². The van der Waals surface area contributed by atoms with Gasteiger partial charge < -0.3 is 4.74 Å². The average Bonchev–Trinajstić information content (AvgIpc) is 2.80. The van der Waals surface area contributed by atoms with Crippen LogP contribution in [0.4, 0.5) is 0 Å². The minimum absolute atomic E-state index is 0.340. The average molecular weight is 501 g/mol. The Balaban J connectivity index is 1.97. The number of para-hydroxylation sites is 1. The first kappa shape index (κ1) is 23.7. The van der Waals surface area contributed by atoms with E-state index in [2.05, 4.69) is 15.9 Å².